The lowest BCUT2D eigenvalue weighted by molar-refractivity contribution is 0.0671. The van der Waals surface area contributed by atoms with Crippen LogP contribution in [0.5, 0.6) is 0 Å². The van der Waals surface area contributed by atoms with Gasteiger partial charge in [-0.25, -0.2) is 0 Å². The Labute approximate surface area is 161 Å². The average molecular weight is 411 g/mol. The van der Waals surface area contributed by atoms with Crippen LogP contribution in [0.1, 0.15) is 15.9 Å². The fourth-order valence-corrected chi connectivity index (χ4v) is 2.85. The summed E-state index contributed by atoms with van der Waals surface area (Å²) in [5.41, 5.74) is 1.34. The molecule has 24 heavy (non-hydrogen) atoms. The first-order valence-electron chi connectivity index (χ1n) is 7.35. The predicted octanol–water partition coefficient (Wildman–Crippen LogP) is 2.63. The summed E-state index contributed by atoms with van der Waals surface area (Å²) in [5, 5.41) is 6.02. The Morgan fingerprint density at radius 1 is 1.25 bits per heavy atom. The quantitative estimate of drug-likeness (QED) is 0.456. The average Bonchev–Trinajstić information content (AvgIpc) is 2.54. The van der Waals surface area contributed by atoms with E-state index in [0.29, 0.717) is 37.0 Å². The first kappa shape index (κ1) is 19.5. The molecule has 9 heteroatoms. The molecule has 1 aromatic carbocycles. The van der Waals surface area contributed by atoms with Gasteiger partial charge in [0.25, 0.3) is 5.91 Å². The summed E-state index contributed by atoms with van der Waals surface area (Å²) < 4.78 is 3.51. The van der Waals surface area contributed by atoms with Gasteiger partial charge in [0.2, 0.25) is 3.79 Å². The van der Waals surface area contributed by atoms with Crippen LogP contribution >= 0.6 is 47.0 Å². The maximum Gasteiger partial charge on any atom is 0.253 e. The topological polar surface area (TPSA) is 53.6 Å². The molecule has 0 unspecified atom stereocenters. The zero-order chi connectivity index (χ0) is 17.7. The van der Waals surface area contributed by atoms with Crippen LogP contribution in [0.2, 0.25) is 0 Å². The Hall–Kier alpha value is -0.790. The van der Waals surface area contributed by atoms with E-state index in [0.717, 1.165) is 5.56 Å². The second kappa shape index (κ2) is 8.54. The fourth-order valence-electron chi connectivity index (χ4n) is 2.22. The number of nitrogens with one attached hydrogen (secondary N) is 2. The van der Waals surface area contributed by atoms with Crippen molar-refractivity contribution in [3.8, 4) is 0 Å². The van der Waals surface area contributed by atoms with Crippen LogP contribution in [0, 0.1) is 6.92 Å². The minimum Gasteiger partial charge on any atom is -0.378 e. The third-order valence-electron chi connectivity index (χ3n) is 3.56. The highest BCUT2D eigenvalue weighted by atomic mass is 35.6. The van der Waals surface area contributed by atoms with Crippen LogP contribution in [-0.4, -0.2) is 52.2 Å². The number of amides is 1. The molecule has 1 fully saturated rings. The van der Waals surface area contributed by atoms with Crippen LogP contribution in [-0.2, 0) is 4.74 Å². The molecule has 1 amide bonds. The molecule has 0 radical (unpaired) electrons. The summed E-state index contributed by atoms with van der Waals surface area (Å²) in [4.78, 5) is 14.4. The van der Waals surface area contributed by atoms with Gasteiger partial charge >= 0.3 is 0 Å². The number of ether oxygens (including phenoxy) is 1. The number of carbonyl (C=O) groups excluding carboxylic acids is 1. The molecule has 1 aliphatic heterocycles. The van der Waals surface area contributed by atoms with Crippen LogP contribution in [0.3, 0.4) is 0 Å². The monoisotopic (exact) mass is 409 g/mol. The molecular weight excluding hydrogens is 393 g/mol. The van der Waals surface area contributed by atoms with E-state index >= 15 is 0 Å². The van der Waals surface area contributed by atoms with Crippen molar-refractivity contribution in [3.05, 3.63) is 35.4 Å². The molecule has 1 aliphatic rings. The minimum absolute atomic E-state index is 0.346. The van der Waals surface area contributed by atoms with Gasteiger partial charge in [-0.05, 0) is 30.8 Å². The summed E-state index contributed by atoms with van der Waals surface area (Å²) in [6.45, 7) is 4.28. The van der Waals surface area contributed by atoms with Crippen molar-refractivity contribution in [1.82, 2.24) is 15.5 Å². The van der Waals surface area contributed by atoms with Gasteiger partial charge in [-0.3, -0.25) is 4.79 Å². The van der Waals surface area contributed by atoms with Crippen molar-refractivity contribution < 1.29 is 9.53 Å². The van der Waals surface area contributed by atoms with Crippen LogP contribution in [0.25, 0.3) is 0 Å². The minimum atomic E-state index is -1.77. The van der Waals surface area contributed by atoms with Crippen molar-refractivity contribution >= 4 is 58.0 Å². The predicted molar refractivity (Wildman–Crippen MR) is 101 cm³/mol. The second-order valence-corrected chi connectivity index (χ2v) is 8.07. The Morgan fingerprint density at radius 2 is 1.88 bits per heavy atom. The highest BCUT2D eigenvalue weighted by Crippen LogP contribution is 2.29. The van der Waals surface area contributed by atoms with Gasteiger partial charge in [-0.15, -0.1) is 0 Å². The van der Waals surface area contributed by atoms with E-state index in [2.05, 4.69) is 10.6 Å². The highest BCUT2D eigenvalue weighted by Gasteiger charge is 2.35. The van der Waals surface area contributed by atoms with Gasteiger partial charge in [0.1, 0.15) is 6.17 Å². The molecule has 0 aromatic heterocycles. The van der Waals surface area contributed by atoms with Crippen molar-refractivity contribution in [2.75, 3.05) is 26.3 Å². The number of benzene rings is 1. The van der Waals surface area contributed by atoms with Gasteiger partial charge in [0, 0.05) is 18.7 Å². The number of hydrogen-bond donors (Lipinski definition) is 2. The van der Waals surface area contributed by atoms with Crippen LogP contribution in [0.15, 0.2) is 24.3 Å². The molecule has 0 spiro atoms. The molecule has 1 saturated heterocycles. The zero-order valence-corrected chi connectivity index (χ0v) is 16.1. The molecule has 5 nitrogen and oxygen atoms in total. The molecule has 1 heterocycles. The number of aryl methyl sites for hydroxylation is 1. The largest absolute Gasteiger partial charge is 0.378 e. The smallest absolute Gasteiger partial charge is 0.253 e. The van der Waals surface area contributed by atoms with Crippen LogP contribution < -0.4 is 10.6 Å². The first-order chi connectivity index (χ1) is 11.3. The Balaban J connectivity index is 2.07. The van der Waals surface area contributed by atoms with E-state index in [-0.39, 0.29) is 5.91 Å². The van der Waals surface area contributed by atoms with E-state index < -0.39 is 9.96 Å². The standard InChI is InChI=1S/C15H18Cl3N3O2S/c1-10-4-2-3-5-11(10)12(22)19-13(15(16,17)18)20-14(24)21-6-8-23-9-7-21/h2-5,13H,6-9H2,1H3,(H,19,22)(H,20,24)/t13-/m1/s1. The summed E-state index contributed by atoms with van der Waals surface area (Å²) in [5.74, 6) is -0.346. The normalized spacial score (nSPS) is 16.4. The summed E-state index contributed by atoms with van der Waals surface area (Å²) >= 11 is 23.4. The number of nitrogens with zero attached hydrogens (tertiary/aromatic N) is 1. The Kier molecular flexibility index (Phi) is 6.95. The number of hydrogen-bond acceptors (Lipinski definition) is 3. The molecule has 0 saturated carbocycles. The molecule has 0 bridgehead atoms. The second-order valence-electron chi connectivity index (χ2n) is 5.31. The van der Waals surface area contributed by atoms with E-state index in [9.17, 15) is 4.79 Å². The molecule has 2 N–H and O–H groups in total. The van der Waals surface area contributed by atoms with Gasteiger partial charge in [0.15, 0.2) is 5.11 Å². The van der Waals surface area contributed by atoms with Gasteiger partial charge < -0.3 is 20.3 Å². The Morgan fingerprint density at radius 3 is 2.46 bits per heavy atom. The zero-order valence-electron chi connectivity index (χ0n) is 13.0. The number of morpholine rings is 1. The number of carbonyl (C=O) groups is 1. The summed E-state index contributed by atoms with van der Waals surface area (Å²) in [6, 6.07) is 7.17. The fraction of sp³-hybridized carbons (Fsp3) is 0.467. The maximum absolute atomic E-state index is 12.5. The van der Waals surface area contributed by atoms with E-state index in [4.69, 9.17) is 51.8 Å². The van der Waals surface area contributed by atoms with E-state index in [1.54, 1.807) is 12.1 Å². The third kappa shape index (κ3) is 5.36. The van der Waals surface area contributed by atoms with Gasteiger partial charge in [0.05, 0.1) is 13.2 Å². The van der Waals surface area contributed by atoms with E-state index in [1.807, 2.05) is 24.0 Å². The molecule has 1 atom stereocenters. The lowest BCUT2D eigenvalue weighted by Gasteiger charge is -2.34. The summed E-state index contributed by atoms with van der Waals surface area (Å²) in [7, 11) is 0. The van der Waals surface area contributed by atoms with Crippen molar-refractivity contribution in [1.29, 1.82) is 0 Å². The number of thiocarbonyl (C=S) groups is 1. The molecule has 2 rings (SSSR count). The lowest BCUT2D eigenvalue weighted by Crippen LogP contribution is -2.59. The number of halogens is 3. The molecular formula is C15H18Cl3N3O2S. The SMILES string of the molecule is Cc1ccccc1C(=O)N[C@H](NC(=S)N1CCOCC1)C(Cl)(Cl)Cl. The van der Waals surface area contributed by atoms with Crippen LogP contribution in [0.4, 0.5) is 0 Å². The van der Waals surface area contributed by atoms with Gasteiger partial charge in [-0.1, -0.05) is 53.0 Å². The third-order valence-corrected chi connectivity index (χ3v) is 4.59. The summed E-state index contributed by atoms with van der Waals surface area (Å²) in [6.07, 6.45) is -0.968. The lowest BCUT2D eigenvalue weighted by atomic mass is 10.1. The van der Waals surface area contributed by atoms with Crippen molar-refractivity contribution in [2.24, 2.45) is 0 Å². The Bertz CT molecular complexity index is 604. The van der Waals surface area contributed by atoms with Crippen molar-refractivity contribution in [2.45, 2.75) is 16.9 Å². The van der Waals surface area contributed by atoms with Crippen molar-refractivity contribution in [3.63, 3.8) is 0 Å². The molecule has 0 aliphatic carbocycles. The number of alkyl halides is 3. The van der Waals surface area contributed by atoms with E-state index in [1.165, 1.54) is 0 Å². The number of rotatable bonds is 3. The maximum atomic E-state index is 12.5. The first-order valence-corrected chi connectivity index (χ1v) is 8.89. The van der Waals surface area contributed by atoms with Gasteiger partial charge in [-0.2, -0.15) is 0 Å². The molecule has 1 aromatic rings. The molecule has 132 valence electrons. The highest BCUT2D eigenvalue weighted by molar-refractivity contribution is 7.80.